The van der Waals surface area contributed by atoms with Gasteiger partial charge in [-0.3, -0.25) is 0 Å². The number of H-pyrrole nitrogens is 3. The summed E-state index contributed by atoms with van der Waals surface area (Å²) in [6.45, 7) is 11.8. The van der Waals surface area contributed by atoms with Gasteiger partial charge in [0.25, 0.3) is 6.01 Å². The van der Waals surface area contributed by atoms with Crippen LogP contribution in [0.5, 0.6) is 6.01 Å². The van der Waals surface area contributed by atoms with Crippen molar-refractivity contribution in [1.29, 1.82) is 0 Å². The Balaban J connectivity index is 0.000000163. The van der Waals surface area contributed by atoms with Crippen LogP contribution >= 0.6 is 0 Å². The van der Waals surface area contributed by atoms with Crippen molar-refractivity contribution < 1.29 is 29.1 Å². The first-order chi connectivity index (χ1) is 36.3. The molecule has 0 radical (unpaired) electrons. The van der Waals surface area contributed by atoms with E-state index in [9.17, 15) is 15.0 Å². The van der Waals surface area contributed by atoms with Gasteiger partial charge in [0, 0.05) is 39.6 Å². The lowest BCUT2D eigenvalue weighted by Crippen LogP contribution is -2.30. The topological polar surface area (TPSA) is 225 Å². The van der Waals surface area contributed by atoms with Crippen molar-refractivity contribution >= 4 is 43.9 Å². The summed E-state index contributed by atoms with van der Waals surface area (Å²) in [4.78, 5) is 35.9. The van der Waals surface area contributed by atoms with Crippen LogP contribution in [-0.4, -0.2) is 68.8 Å². The largest absolute Gasteiger partial charge is 0.465 e. The molecule has 6 N–H and O–H groups in total. The minimum absolute atomic E-state index is 0.250. The average molecular weight is 999 g/mol. The number of aliphatic hydroxyl groups excluding tert-OH is 1. The standard InChI is InChI=1S/C30H26N4O3.C28H22N4O3.C2H6O/c1-4-36-29-32-25-17-21(27-18(2)34-37-19(27)3)16-23(28(25)33-29)30(35,22-11-6-5-7-12-22)26-15-14-20-10-8-9-13-24(20)31-26;1-16-25(17(2)35-32-16)19-14-21(26-23(15-19)30-27(33)31-26)28(34,20-9-4-3-5-10-20)24-13-12-18-8-6-7-11-22(18)29-24;1-2-3/h5-17,35H,4H2,1-3H3,(H,32,33);3-15,34H,1-2H3,(H2,30,31,33);3H,2H2,1H3. The van der Waals surface area contributed by atoms with Crippen LogP contribution in [0.2, 0.25) is 0 Å². The minimum Gasteiger partial charge on any atom is -0.465 e. The molecule has 2 unspecified atom stereocenters. The van der Waals surface area contributed by atoms with Gasteiger partial charge in [-0.25, -0.2) is 14.8 Å². The van der Waals surface area contributed by atoms with Gasteiger partial charge in [0.2, 0.25) is 0 Å². The summed E-state index contributed by atoms with van der Waals surface area (Å²) in [6.07, 6.45) is 0. The van der Waals surface area contributed by atoms with E-state index in [2.05, 4.69) is 25.3 Å². The third-order valence-electron chi connectivity index (χ3n) is 13.2. The number of aryl methyl sites for hydroxylation is 4. The molecule has 0 saturated carbocycles. The molecule has 6 aromatic heterocycles. The first-order valence-corrected chi connectivity index (χ1v) is 24.5. The number of aromatic amines is 3. The molecule has 15 heteroatoms. The van der Waals surface area contributed by atoms with Crippen molar-refractivity contribution in [2.45, 2.75) is 52.7 Å². The summed E-state index contributed by atoms with van der Waals surface area (Å²) in [7, 11) is 0. The zero-order chi connectivity index (χ0) is 52.4. The van der Waals surface area contributed by atoms with Gasteiger partial charge >= 0.3 is 5.69 Å². The molecule has 6 heterocycles. The first kappa shape index (κ1) is 49.6. The van der Waals surface area contributed by atoms with Crippen LogP contribution in [0.1, 0.15) is 70.4 Å². The highest BCUT2D eigenvalue weighted by Gasteiger charge is 2.40. The number of hydrogen-bond donors (Lipinski definition) is 6. The third kappa shape index (κ3) is 9.13. The molecule has 0 aliphatic carbocycles. The molecule has 12 rings (SSSR count). The Labute approximate surface area is 430 Å². The van der Waals surface area contributed by atoms with E-state index in [1.165, 1.54) is 0 Å². The van der Waals surface area contributed by atoms with Gasteiger partial charge < -0.3 is 44.1 Å². The highest BCUT2D eigenvalue weighted by molar-refractivity contribution is 5.90. The summed E-state index contributed by atoms with van der Waals surface area (Å²) in [5, 5.41) is 43.2. The van der Waals surface area contributed by atoms with Crippen LogP contribution in [0.15, 0.2) is 172 Å². The number of nitrogens with one attached hydrogen (secondary N) is 3. The summed E-state index contributed by atoms with van der Waals surface area (Å²) in [6, 6.07) is 50.2. The second kappa shape index (κ2) is 20.5. The van der Waals surface area contributed by atoms with Gasteiger partial charge in [0.05, 0.1) is 62.5 Å². The van der Waals surface area contributed by atoms with Crippen molar-refractivity contribution in [1.82, 2.24) is 40.2 Å². The fraction of sp³-hybridized carbons (Fsp3) is 0.167. The number of hydrogen-bond acceptors (Lipinski definition) is 12. The number of fused-ring (bicyclic) bond motifs is 4. The number of pyridine rings is 2. The summed E-state index contributed by atoms with van der Waals surface area (Å²) in [5.41, 5.74) is 8.44. The molecule has 0 bridgehead atoms. The quantitative estimate of drug-likeness (QED) is 0.0753. The van der Waals surface area contributed by atoms with Crippen molar-refractivity contribution in [3.05, 3.63) is 225 Å². The van der Waals surface area contributed by atoms with E-state index in [0.29, 0.717) is 74.3 Å². The number of imidazole rings is 2. The molecular weight excluding hydrogens is 945 g/mol. The maximum absolute atomic E-state index is 12.8. The van der Waals surface area contributed by atoms with Gasteiger partial charge in [-0.15, -0.1) is 0 Å². The van der Waals surface area contributed by atoms with Crippen LogP contribution in [0.4, 0.5) is 0 Å². The summed E-state index contributed by atoms with van der Waals surface area (Å²) >= 11 is 0. The Morgan fingerprint density at radius 2 is 1.01 bits per heavy atom. The highest BCUT2D eigenvalue weighted by Crippen LogP contribution is 2.44. The van der Waals surface area contributed by atoms with E-state index in [-0.39, 0.29) is 12.3 Å². The lowest BCUT2D eigenvalue weighted by atomic mass is 9.81. The van der Waals surface area contributed by atoms with Crippen LogP contribution < -0.4 is 10.4 Å². The molecular formula is C60H54N8O7. The Kier molecular flexibility index (Phi) is 13.5. The van der Waals surface area contributed by atoms with E-state index >= 15 is 0 Å². The fourth-order valence-electron chi connectivity index (χ4n) is 9.86. The van der Waals surface area contributed by atoms with Crippen molar-refractivity contribution in [2.75, 3.05) is 13.2 Å². The summed E-state index contributed by atoms with van der Waals surface area (Å²) < 4.78 is 16.6. The number of ether oxygens (including phenoxy) is 1. The Hall–Kier alpha value is -9.02. The number of aliphatic hydroxyl groups is 3. The predicted molar refractivity (Wildman–Crippen MR) is 289 cm³/mol. The molecule has 15 nitrogen and oxygen atoms in total. The van der Waals surface area contributed by atoms with Gasteiger partial charge in [-0.2, -0.15) is 4.98 Å². The second-order valence-electron chi connectivity index (χ2n) is 18.1. The second-order valence-corrected chi connectivity index (χ2v) is 18.1. The van der Waals surface area contributed by atoms with Gasteiger partial charge in [0.1, 0.15) is 11.5 Å². The third-order valence-corrected chi connectivity index (χ3v) is 13.2. The maximum Gasteiger partial charge on any atom is 0.323 e. The molecule has 75 heavy (non-hydrogen) atoms. The molecule has 0 aliphatic heterocycles. The highest BCUT2D eigenvalue weighted by atomic mass is 16.5. The molecule has 0 aliphatic rings. The van der Waals surface area contributed by atoms with E-state index in [1.807, 2.05) is 192 Å². The van der Waals surface area contributed by atoms with Gasteiger partial charge in [-0.1, -0.05) is 120 Å². The Morgan fingerprint density at radius 1 is 0.547 bits per heavy atom. The SMILES string of the molecule is CCO.CCOc1nc2c(C(O)(c3ccccc3)c3ccc4ccccc4n3)cc(-c3c(C)noc3C)cc2[nH]1.Cc1noc(C)c1-c1cc(C(O)(c2ccccc2)c2ccc3ccccc3n2)c2[nH]c(=O)[nH]c2c1. The van der Waals surface area contributed by atoms with Gasteiger partial charge in [-0.05, 0) is 112 Å². The number of nitrogens with zero attached hydrogens (tertiary/aromatic N) is 5. The average Bonchev–Trinajstić information content (AvgIpc) is 4.21. The number of para-hydroxylation sites is 2. The van der Waals surface area contributed by atoms with Crippen LogP contribution in [0, 0.1) is 27.7 Å². The van der Waals surface area contributed by atoms with Crippen LogP contribution in [-0.2, 0) is 11.2 Å². The number of rotatable bonds is 10. The molecule has 12 aromatic rings. The molecule has 0 fully saturated rings. The van der Waals surface area contributed by atoms with E-state index in [1.54, 1.807) is 6.92 Å². The molecule has 0 spiro atoms. The molecule has 0 saturated heterocycles. The summed E-state index contributed by atoms with van der Waals surface area (Å²) in [5.74, 6) is 1.34. The predicted octanol–water partition coefficient (Wildman–Crippen LogP) is 11.0. The first-order valence-electron chi connectivity index (χ1n) is 24.5. The lowest BCUT2D eigenvalue weighted by molar-refractivity contribution is 0.122. The van der Waals surface area contributed by atoms with Crippen LogP contribution in [0.3, 0.4) is 0 Å². The number of aromatic nitrogens is 8. The minimum atomic E-state index is -1.66. The zero-order valence-corrected chi connectivity index (χ0v) is 42.1. The zero-order valence-electron chi connectivity index (χ0n) is 42.1. The van der Waals surface area contributed by atoms with Crippen molar-refractivity contribution in [3.63, 3.8) is 0 Å². The molecule has 0 amide bonds. The molecule has 6 aromatic carbocycles. The molecule has 2 atom stereocenters. The van der Waals surface area contributed by atoms with E-state index in [4.69, 9.17) is 33.8 Å². The Bertz CT molecular complexity index is 4010. The van der Waals surface area contributed by atoms with Gasteiger partial charge in [0.15, 0.2) is 11.2 Å². The van der Waals surface area contributed by atoms with Crippen molar-refractivity contribution in [2.24, 2.45) is 0 Å². The number of benzene rings is 6. The normalized spacial score (nSPS) is 13.0. The van der Waals surface area contributed by atoms with Crippen molar-refractivity contribution in [3.8, 4) is 28.3 Å². The fourth-order valence-corrected chi connectivity index (χ4v) is 9.86. The van der Waals surface area contributed by atoms with E-state index < -0.39 is 11.2 Å². The maximum atomic E-state index is 12.8. The monoisotopic (exact) mass is 998 g/mol. The van der Waals surface area contributed by atoms with Crippen LogP contribution in [0.25, 0.3) is 66.1 Å². The lowest BCUT2D eigenvalue weighted by Gasteiger charge is -2.30. The Morgan fingerprint density at radius 3 is 1.51 bits per heavy atom. The smallest absolute Gasteiger partial charge is 0.323 e. The molecule has 376 valence electrons. The van der Waals surface area contributed by atoms with E-state index in [0.717, 1.165) is 61.0 Å².